The summed E-state index contributed by atoms with van der Waals surface area (Å²) in [6.07, 6.45) is 0. The van der Waals surface area contributed by atoms with E-state index in [1.54, 1.807) is 6.07 Å². The first-order valence-corrected chi connectivity index (χ1v) is 7.01. The van der Waals surface area contributed by atoms with Crippen molar-refractivity contribution in [2.75, 3.05) is 13.7 Å². The van der Waals surface area contributed by atoms with Crippen LogP contribution in [-0.2, 0) is 0 Å². The molecular formula is C17H20FNO2. The maximum absolute atomic E-state index is 13.4. The van der Waals surface area contributed by atoms with E-state index in [9.17, 15) is 4.39 Å². The molecule has 0 heterocycles. The van der Waals surface area contributed by atoms with Gasteiger partial charge in [-0.3, -0.25) is 0 Å². The molecule has 2 rings (SSSR count). The summed E-state index contributed by atoms with van der Waals surface area (Å²) < 4.78 is 24.7. The third-order valence-corrected chi connectivity index (χ3v) is 3.23. The van der Waals surface area contributed by atoms with Crippen LogP contribution in [-0.4, -0.2) is 13.7 Å². The lowest BCUT2D eigenvalue weighted by atomic mass is 10.1. The second kappa shape index (κ2) is 7.09. The summed E-state index contributed by atoms with van der Waals surface area (Å²) in [6.45, 7) is 4.52. The highest BCUT2D eigenvalue weighted by molar-refractivity contribution is 5.41. The molecule has 1 N–H and O–H groups in total. The van der Waals surface area contributed by atoms with Gasteiger partial charge in [0, 0.05) is 11.6 Å². The average Bonchev–Trinajstić information content (AvgIpc) is 2.50. The van der Waals surface area contributed by atoms with E-state index in [0.29, 0.717) is 18.1 Å². The van der Waals surface area contributed by atoms with Crippen LogP contribution < -0.4 is 14.8 Å². The molecule has 0 aliphatic heterocycles. The van der Waals surface area contributed by atoms with Crippen LogP contribution in [0.5, 0.6) is 17.2 Å². The number of halogens is 1. The lowest BCUT2D eigenvalue weighted by Crippen LogP contribution is -2.13. The normalized spacial score (nSPS) is 12.0. The molecule has 0 fully saturated rings. The monoisotopic (exact) mass is 289 g/mol. The number of ether oxygens (including phenoxy) is 2. The standard InChI is InChI=1S/C17H20FNO2/c1-4-20-14-6-8-15(9-7-14)21-17-10-5-13(18)11-16(17)12(2)19-3/h5-12,19H,4H2,1-3H3. The molecule has 0 saturated carbocycles. The summed E-state index contributed by atoms with van der Waals surface area (Å²) >= 11 is 0. The lowest BCUT2D eigenvalue weighted by molar-refractivity contribution is 0.339. The minimum absolute atomic E-state index is 0.00148. The van der Waals surface area contributed by atoms with Gasteiger partial charge in [0.15, 0.2) is 0 Å². The van der Waals surface area contributed by atoms with Crippen LogP contribution in [0.1, 0.15) is 25.5 Å². The zero-order valence-electron chi connectivity index (χ0n) is 12.5. The van der Waals surface area contributed by atoms with Crippen molar-refractivity contribution in [3.63, 3.8) is 0 Å². The lowest BCUT2D eigenvalue weighted by Gasteiger charge is -2.16. The Bertz CT molecular complexity index is 584. The highest BCUT2D eigenvalue weighted by Crippen LogP contribution is 2.31. The molecule has 2 aromatic carbocycles. The van der Waals surface area contributed by atoms with Crippen LogP contribution in [0.15, 0.2) is 42.5 Å². The molecule has 3 nitrogen and oxygen atoms in total. The molecule has 0 amide bonds. The van der Waals surface area contributed by atoms with Crippen LogP contribution in [0.2, 0.25) is 0 Å². The fraction of sp³-hybridized carbons (Fsp3) is 0.294. The smallest absolute Gasteiger partial charge is 0.132 e. The van der Waals surface area contributed by atoms with Crippen molar-refractivity contribution >= 4 is 0 Å². The van der Waals surface area contributed by atoms with Gasteiger partial charge in [-0.25, -0.2) is 4.39 Å². The summed E-state index contributed by atoms with van der Waals surface area (Å²) in [4.78, 5) is 0. The number of hydrogen-bond acceptors (Lipinski definition) is 3. The Hall–Kier alpha value is -2.07. The summed E-state index contributed by atoms with van der Waals surface area (Å²) in [5.74, 6) is 1.86. The number of nitrogens with one attached hydrogen (secondary N) is 1. The molecule has 0 aliphatic rings. The SMILES string of the molecule is CCOc1ccc(Oc2ccc(F)cc2C(C)NC)cc1. The Morgan fingerprint density at radius 1 is 1.10 bits per heavy atom. The molecule has 21 heavy (non-hydrogen) atoms. The third-order valence-electron chi connectivity index (χ3n) is 3.23. The van der Waals surface area contributed by atoms with Crippen molar-refractivity contribution in [3.05, 3.63) is 53.8 Å². The van der Waals surface area contributed by atoms with E-state index in [1.807, 2.05) is 45.2 Å². The van der Waals surface area contributed by atoms with Crippen molar-refractivity contribution < 1.29 is 13.9 Å². The van der Waals surface area contributed by atoms with Crippen LogP contribution in [0.3, 0.4) is 0 Å². The van der Waals surface area contributed by atoms with Crippen molar-refractivity contribution in [1.29, 1.82) is 0 Å². The van der Waals surface area contributed by atoms with E-state index in [4.69, 9.17) is 9.47 Å². The van der Waals surface area contributed by atoms with Gasteiger partial charge in [-0.2, -0.15) is 0 Å². The van der Waals surface area contributed by atoms with Gasteiger partial charge in [0.2, 0.25) is 0 Å². The Morgan fingerprint density at radius 2 is 1.76 bits per heavy atom. The van der Waals surface area contributed by atoms with Crippen LogP contribution in [0.4, 0.5) is 4.39 Å². The fourth-order valence-electron chi connectivity index (χ4n) is 2.00. The first kappa shape index (κ1) is 15.3. The van der Waals surface area contributed by atoms with E-state index < -0.39 is 0 Å². The molecule has 1 atom stereocenters. The minimum atomic E-state index is -0.272. The fourth-order valence-corrected chi connectivity index (χ4v) is 2.00. The molecule has 112 valence electrons. The third kappa shape index (κ3) is 3.95. The van der Waals surface area contributed by atoms with E-state index in [-0.39, 0.29) is 11.9 Å². The molecule has 1 unspecified atom stereocenters. The molecule has 0 aromatic heterocycles. The van der Waals surface area contributed by atoms with Crippen molar-refractivity contribution in [2.24, 2.45) is 0 Å². The summed E-state index contributed by atoms with van der Waals surface area (Å²) in [6, 6.07) is 11.9. The first-order chi connectivity index (χ1) is 10.1. The van der Waals surface area contributed by atoms with Crippen molar-refractivity contribution in [1.82, 2.24) is 5.32 Å². The van der Waals surface area contributed by atoms with Gasteiger partial charge in [-0.05, 0) is 63.4 Å². The quantitative estimate of drug-likeness (QED) is 0.860. The highest BCUT2D eigenvalue weighted by Gasteiger charge is 2.12. The van der Waals surface area contributed by atoms with Gasteiger partial charge in [-0.15, -0.1) is 0 Å². The number of rotatable bonds is 6. The topological polar surface area (TPSA) is 30.5 Å². The second-order valence-electron chi connectivity index (χ2n) is 4.70. The largest absolute Gasteiger partial charge is 0.494 e. The maximum Gasteiger partial charge on any atom is 0.132 e. The van der Waals surface area contributed by atoms with Gasteiger partial charge in [0.1, 0.15) is 23.1 Å². The molecule has 0 bridgehead atoms. The Morgan fingerprint density at radius 3 is 2.38 bits per heavy atom. The molecule has 0 aliphatic carbocycles. The van der Waals surface area contributed by atoms with E-state index in [1.165, 1.54) is 12.1 Å². The first-order valence-electron chi connectivity index (χ1n) is 7.01. The highest BCUT2D eigenvalue weighted by atomic mass is 19.1. The summed E-state index contributed by atoms with van der Waals surface area (Å²) in [7, 11) is 1.83. The Labute approximate surface area is 124 Å². The van der Waals surface area contributed by atoms with E-state index in [2.05, 4.69) is 5.32 Å². The molecule has 0 radical (unpaired) electrons. The molecule has 0 spiro atoms. The molecule has 0 saturated heterocycles. The molecular weight excluding hydrogens is 269 g/mol. The zero-order valence-corrected chi connectivity index (χ0v) is 12.5. The van der Waals surface area contributed by atoms with E-state index >= 15 is 0 Å². The van der Waals surface area contributed by atoms with Crippen molar-refractivity contribution in [3.8, 4) is 17.2 Å². The Kier molecular flexibility index (Phi) is 5.17. The second-order valence-corrected chi connectivity index (χ2v) is 4.70. The van der Waals surface area contributed by atoms with Crippen LogP contribution >= 0.6 is 0 Å². The van der Waals surface area contributed by atoms with Crippen LogP contribution in [0, 0.1) is 5.82 Å². The van der Waals surface area contributed by atoms with Crippen LogP contribution in [0.25, 0.3) is 0 Å². The predicted molar refractivity (Wildman–Crippen MR) is 81.6 cm³/mol. The number of hydrogen-bond donors (Lipinski definition) is 1. The van der Waals surface area contributed by atoms with Gasteiger partial charge in [-0.1, -0.05) is 0 Å². The minimum Gasteiger partial charge on any atom is -0.494 e. The van der Waals surface area contributed by atoms with Crippen molar-refractivity contribution in [2.45, 2.75) is 19.9 Å². The van der Waals surface area contributed by atoms with Gasteiger partial charge < -0.3 is 14.8 Å². The van der Waals surface area contributed by atoms with Gasteiger partial charge in [0.25, 0.3) is 0 Å². The Balaban J connectivity index is 2.22. The predicted octanol–water partition coefficient (Wildman–Crippen LogP) is 4.30. The molecule has 2 aromatic rings. The zero-order chi connectivity index (χ0) is 15.2. The van der Waals surface area contributed by atoms with E-state index in [0.717, 1.165) is 11.3 Å². The maximum atomic E-state index is 13.4. The average molecular weight is 289 g/mol. The number of benzene rings is 2. The summed E-state index contributed by atoms with van der Waals surface area (Å²) in [5.41, 5.74) is 0.784. The molecule has 4 heteroatoms. The van der Waals surface area contributed by atoms with Gasteiger partial charge >= 0.3 is 0 Å². The van der Waals surface area contributed by atoms with Gasteiger partial charge in [0.05, 0.1) is 6.61 Å². The summed E-state index contributed by atoms with van der Waals surface area (Å²) in [5, 5.41) is 3.09.